The fourth-order valence-electron chi connectivity index (χ4n) is 2.20. The molecule has 1 fully saturated rings. The second kappa shape index (κ2) is 4.83. The summed E-state index contributed by atoms with van der Waals surface area (Å²) < 4.78 is 19.0. The molecule has 0 unspecified atom stereocenters. The maximum atomic E-state index is 13.5. The van der Waals surface area contributed by atoms with Crippen LogP contribution >= 0.6 is 11.6 Å². The Labute approximate surface area is 106 Å². The molecule has 0 amide bonds. The molecule has 0 atom stereocenters. The van der Waals surface area contributed by atoms with Crippen molar-refractivity contribution in [3.63, 3.8) is 0 Å². The quantitative estimate of drug-likeness (QED) is 0.755. The zero-order chi connectivity index (χ0) is 12.5. The second-order valence-electron chi connectivity index (χ2n) is 4.97. The van der Waals surface area contributed by atoms with Crippen LogP contribution in [0.25, 0.3) is 0 Å². The van der Waals surface area contributed by atoms with Crippen molar-refractivity contribution in [2.45, 2.75) is 25.3 Å². The van der Waals surface area contributed by atoms with Crippen LogP contribution in [0.5, 0.6) is 0 Å². The molecular formula is C13H17ClFNO. The molecule has 0 aromatic heterocycles. The average molecular weight is 258 g/mol. The first-order chi connectivity index (χ1) is 8.03. The first-order valence-corrected chi connectivity index (χ1v) is 6.27. The van der Waals surface area contributed by atoms with Gasteiger partial charge < -0.3 is 9.64 Å². The van der Waals surface area contributed by atoms with Crippen molar-refractivity contribution in [1.82, 2.24) is 0 Å². The molecule has 1 aromatic carbocycles. The number of rotatable bonds is 2. The molecule has 0 saturated carbocycles. The Bertz CT molecular complexity index is 408. The van der Waals surface area contributed by atoms with E-state index in [0.29, 0.717) is 19.1 Å². The number of morpholine rings is 1. The molecule has 0 spiro atoms. The largest absolute Gasteiger partial charge is 0.377 e. The molecule has 0 N–H and O–H groups in total. The Morgan fingerprint density at radius 2 is 2.18 bits per heavy atom. The van der Waals surface area contributed by atoms with Crippen molar-refractivity contribution < 1.29 is 9.13 Å². The lowest BCUT2D eigenvalue weighted by molar-refractivity contribution is 0.0643. The zero-order valence-electron chi connectivity index (χ0n) is 10.2. The van der Waals surface area contributed by atoms with E-state index >= 15 is 0 Å². The van der Waals surface area contributed by atoms with E-state index in [1.165, 1.54) is 6.07 Å². The van der Waals surface area contributed by atoms with E-state index in [9.17, 15) is 4.39 Å². The van der Waals surface area contributed by atoms with Crippen LogP contribution in [0.1, 0.15) is 19.4 Å². The summed E-state index contributed by atoms with van der Waals surface area (Å²) >= 11 is 5.77. The normalized spacial score (nSPS) is 19.4. The summed E-state index contributed by atoms with van der Waals surface area (Å²) in [5.74, 6) is 0.0932. The van der Waals surface area contributed by atoms with Gasteiger partial charge in [-0.2, -0.15) is 0 Å². The molecule has 2 rings (SSSR count). The summed E-state index contributed by atoms with van der Waals surface area (Å²) in [5, 5.41) is 0. The van der Waals surface area contributed by atoms with Gasteiger partial charge in [-0.3, -0.25) is 0 Å². The van der Waals surface area contributed by atoms with Crippen molar-refractivity contribution in [2.24, 2.45) is 0 Å². The van der Waals surface area contributed by atoms with Gasteiger partial charge in [-0.15, -0.1) is 11.6 Å². The fourth-order valence-corrected chi connectivity index (χ4v) is 2.36. The zero-order valence-corrected chi connectivity index (χ0v) is 10.9. The highest BCUT2D eigenvalue weighted by Gasteiger charge is 2.30. The topological polar surface area (TPSA) is 12.5 Å². The Morgan fingerprint density at radius 1 is 1.41 bits per heavy atom. The van der Waals surface area contributed by atoms with Gasteiger partial charge >= 0.3 is 0 Å². The van der Waals surface area contributed by atoms with Crippen LogP contribution in [0.15, 0.2) is 18.2 Å². The molecule has 2 nitrogen and oxygen atoms in total. The molecule has 94 valence electrons. The number of hydrogen-bond donors (Lipinski definition) is 0. The smallest absolute Gasteiger partial charge is 0.125 e. The molecule has 1 aromatic rings. The van der Waals surface area contributed by atoms with E-state index in [-0.39, 0.29) is 11.4 Å². The molecule has 0 aliphatic carbocycles. The van der Waals surface area contributed by atoms with Crippen LogP contribution in [-0.2, 0) is 10.6 Å². The molecule has 0 bridgehead atoms. The molecule has 1 heterocycles. The Hall–Kier alpha value is -0.800. The third kappa shape index (κ3) is 2.72. The van der Waals surface area contributed by atoms with Gasteiger partial charge in [0.05, 0.1) is 18.8 Å². The van der Waals surface area contributed by atoms with Crippen molar-refractivity contribution in [2.75, 3.05) is 24.7 Å². The van der Waals surface area contributed by atoms with Crippen molar-refractivity contribution in [3.8, 4) is 0 Å². The number of nitrogens with zero attached hydrogens (tertiary/aromatic N) is 1. The van der Waals surface area contributed by atoms with Gasteiger partial charge in [-0.05, 0) is 37.6 Å². The lowest BCUT2D eigenvalue weighted by Crippen LogP contribution is -2.53. The summed E-state index contributed by atoms with van der Waals surface area (Å²) in [6, 6.07) is 4.98. The molecule has 0 radical (unpaired) electrons. The number of hydrogen-bond acceptors (Lipinski definition) is 2. The minimum Gasteiger partial charge on any atom is -0.377 e. The Morgan fingerprint density at radius 3 is 2.82 bits per heavy atom. The Kier molecular flexibility index (Phi) is 3.59. The molecule has 1 saturated heterocycles. The lowest BCUT2D eigenvalue weighted by Gasteiger charge is -2.44. The number of anilines is 1. The monoisotopic (exact) mass is 257 g/mol. The predicted octanol–water partition coefficient (Wildman–Crippen LogP) is 3.18. The second-order valence-corrected chi connectivity index (χ2v) is 5.24. The highest BCUT2D eigenvalue weighted by molar-refractivity contribution is 6.17. The molecular weight excluding hydrogens is 241 g/mol. The van der Waals surface area contributed by atoms with E-state index in [4.69, 9.17) is 16.3 Å². The van der Waals surface area contributed by atoms with Crippen LogP contribution in [0.4, 0.5) is 10.1 Å². The molecule has 1 aliphatic rings. The maximum Gasteiger partial charge on any atom is 0.125 e. The van der Waals surface area contributed by atoms with E-state index in [1.54, 1.807) is 6.07 Å². The third-order valence-corrected chi connectivity index (χ3v) is 3.36. The van der Waals surface area contributed by atoms with Crippen LogP contribution in [0, 0.1) is 5.82 Å². The van der Waals surface area contributed by atoms with Gasteiger partial charge in [0.25, 0.3) is 0 Å². The Balaban J connectivity index is 2.35. The summed E-state index contributed by atoms with van der Waals surface area (Å²) in [7, 11) is 0. The number of ether oxygens (including phenoxy) is 1. The van der Waals surface area contributed by atoms with E-state index in [0.717, 1.165) is 17.8 Å². The third-order valence-electron chi connectivity index (χ3n) is 3.05. The van der Waals surface area contributed by atoms with E-state index in [2.05, 4.69) is 18.7 Å². The highest BCUT2D eigenvalue weighted by atomic mass is 35.5. The fraction of sp³-hybridized carbons (Fsp3) is 0.538. The van der Waals surface area contributed by atoms with Gasteiger partial charge in [0.15, 0.2) is 0 Å². The van der Waals surface area contributed by atoms with Crippen molar-refractivity contribution in [3.05, 3.63) is 29.6 Å². The lowest BCUT2D eigenvalue weighted by atomic mass is 10.0. The first-order valence-electron chi connectivity index (χ1n) is 5.74. The summed E-state index contributed by atoms with van der Waals surface area (Å²) in [4.78, 5) is 2.18. The highest BCUT2D eigenvalue weighted by Crippen LogP contribution is 2.28. The van der Waals surface area contributed by atoms with Crippen LogP contribution in [0.2, 0.25) is 0 Å². The summed E-state index contributed by atoms with van der Waals surface area (Å²) in [6.45, 7) is 6.29. The minimum absolute atomic E-state index is 0.115. The summed E-state index contributed by atoms with van der Waals surface area (Å²) in [6.07, 6.45) is 0. The van der Waals surface area contributed by atoms with Crippen LogP contribution in [-0.4, -0.2) is 25.3 Å². The number of alkyl halides is 1. The van der Waals surface area contributed by atoms with Gasteiger partial charge in [-0.25, -0.2) is 4.39 Å². The average Bonchev–Trinajstić information content (AvgIpc) is 2.27. The number of halogens is 2. The van der Waals surface area contributed by atoms with Crippen LogP contribution < -0.4 is 4.90 Å². The van der Waals surface area contributed by atoms with Gasteiger partial charge in [0.1, 0.15) is 5.82 Å². The minimum atomic E-state index is -0.236. The van der Waals surface area contributed by atoms with Crippen LogP contribution in [0.3, 0.4) is 0 Å². The summed E-state index contributed by atoms with van der Waals surface area (Å²) in [5.41, 5.74) is 1.58. The van der Waals surface area contributed by atoms with E-state index in [1.807, 2.05) is 6.07 Å². The van der Waals surface area contributed by atoms with Crippen molar-refractivity contribution >= 4 is 17.3 Å². The molecule has 4 heteroatoms. The first kappa shape index (κ1) is 12.7. The predicted molar refractivity (Wildman–Crippen MR) is 68.2 cm³/mol. The van der Waals surface area contributed by atoms with Gasteiger partial charge in [0, 0.05) is 18.1 Å². The standard InChI is InChI=1S/C13H17ClFNO/c1-13(2)9-17-4-3-16(13)12-6-10(8-14)5-11(15)7-12/h5-7H,3-4,8-9H2,1-2H3. The molecule has 1 aliphatic heterocycles. The van der Waals surface area contributed by atoms with Gasteiger partial charge in [-0.1, -0.05) is 0 Å². The number of benzene rings is 1. The molecule has 17 heavy (non-hydrogen) atoms. The maximum absolute atomic E-state index is 13.5. The van der Waals surface area contributed by atoms with Gasteiger partial charge in [0.2, 0.25) is 0 Å². The van der Waals surface area contributed by atoms with Crippen molar-refractivity contribution in [1.29, 1.82) is 0 Å². The van der Waals surface area contributed by atoms with E-state index < -0.39 is 0 Å². The SMILES string of the molecule is CC1(C)COCCN1c1cc(F)cc(CCl)c1.